The number of aliphatic hydroxyl groups is 1. The minimum Gasteiger partial charge on any atom is -0.449 e. The van der Waals surface area contributed by atoms with Crippen LogP contribution in [-0.2, 0) is 0 Å². The van der Waals surface area contributed by atoms with Crippen molar-refractivity contribution in [3.63, 3.8) is 0 Å². The quantitative estimate of drug-likeness (QED) is 0.679. The van der Waals surface area contributed by atoms with Crippen molar-refractivity contribution in [3.8, 4) is 11.5 Å². The summed E-state index contributed by atoms with van der Waals surface area (Å²) in [4.78, 5) is 14.5. The van der Waals surface area contributed by atoms with Crippen molar-refractivity contribution in [3.05, 3.63) is 56.8 Å². The topological polar surface area (TPSA) is 85.5 Å². The lowest BCUT2D eigenvalue weighted by molar-refractivity contribution is -0.385. The van der Waals surface area contributed by atoms with Crippen LogP contribution in [0.2, 0.25) is 0 Å². The summed E-state index contributed by atoms with van der Waals surface area (Å²) in [6.07, 6.45) is 0.736. The van der Waals surface area contributed by atoms with Gasteiger partial charge in [-0.05, 0) is 31.2 Å². The number of hydrogen-bond acceptors (Lipinski definition) is 5. The summed E-state index contributed by atoms with van der Waals surface area (Å²) in [5, 5.41) is 20.3. The Kier molecular flexibility index (Phi) is 4.31. The minimum atomic E-state index is -0.675. The molecule has 1 heterocycles. The molecule has 2 rings (SSSR count). The molecule has 0 bridgehead atoms. The first-order chi connectivity index (χ1) is 9.47. The summed E-state index contributed by atoms with van der Waals surface area (Å²) in [6, 6.07) is 7.73. The van der Waals surface area contributed by atoms with Crippen molar-refractivity contribution >= 4 is 21.6 Å². The number of aromatic nitrogens is 1. The van der Waals surface area contributed by atoms with Gasteiger partial charge in [0.1, 0.15) is 5.75 Å². The smallest absolute Gasteiger partial charge is 0.312 e. The number of ether oxygens (including phenoxy) is 1. The van der Waals surface area contributed by atoms with Gasteiger partial charge < -0.3 is 9.84 Å². The third-order valence-electron chi connectivity index (χ3n) is 2.53. The van der Waals surface area contributed by atoms with Gasteiger partial charge in [-0.1, -0.05) is 15.9 Å². The zero-order valence-electron chi connectivity index (χ0n) is 10.5. The molecule has 0 saturated heterocycles. The van der Waals surface area contributed by atoms with E-state index in [4.69, 9.17) is 4.74 Å². The van der Waals surface area contributed by atoms with E-state index >= 15 is 0 Å². The van der Waals surface area contributed by atoms with Crippen LogP contribution in [0.25, 0.3) is 0 Å². The largest absolute Gasteiger partial charge is 0.449 e. The van der Waals surface area contributed by atoms with Crippen molar-refractivity contribution in [1.82, 2.24) is 4.98 Å². The molecule has 104 valence electrons. The molecule has 0 radical (unpaired) electrons. The molecule has 1 aromatic carbocycles. The van der Waals surface area contributed by atoms with Crippen LogP contribution in [0.1, 0.15) is 18.7 Å². The average Bonchev–Trinajstić information content (AvgIpc) is 2.41. The monoisotopic (exact) mass is 338 g/mol. The standard InChI is InChI=1S/C13H11BrN2O4/c1-8(17)11-4-3-10(7-15-11)20-13-5-2-9(14)6-12(13)16(18)19/h2-8,17H,1H3. The highest BCUT2D eigenvalue weighted by atomic mass is 79.9. The molecule has 0 aliphatic rings. The number of rotatable bonds is 4. The number of nitro benzene ring substituents is 1. The second-order valence-electron chi connectivity index (χ2n) is 4.07. The Hall–Kier alpha value is -1.99. The molecule has 6 nitrogen and oxygen atoms in total. The van der Waals surface area contributed by atoms with Gasteiger partial charge in [-0.3, -0.25) is 15.1 Å². The maximum absolute atomic E-state index is 11.0. The summed E-state index contributed by atoms with van der Waals surface area (Å²) >= 11 is 3.18. The lowest BCUT2D eigenvalue weighted by Gasteiger charge is -2.08. The highest BCUT2D eigenvalue weighted by Gasteiger charge is 2.16. The van der Waals surface area contributed by atoms with Gasteiger partial charge in [0.25, 0.3) is 0 Å². The molecular weight excluding hydrogens is 328 g/mol. The van der Waals surface area contributed by atoms with Crippen LogP contribution >= 0.6 is 15.9 Å². The van der Waals surface area contributed by atoms with E-state index in [9.17, 15) is 15.2 Å². The maximum Gasteiger partial charge on any atom is 0.312 e. The number of benzene rings is 1. The molecule has 2 aromatic rings. The SMILES string of the molecule is CC(O)c1ccc(Oc2ccc(Br)cc2[N+](=O)[O-])cn1. The van der Waals surface area contributed by atoms with E-state index in [2.05, 4.69) is 20.9 Å². The van der Waals surface area contributed by atoms with Crippen LogP contribution in [0.3, 0.4) is 0 Å². The van der Waals surface area contributed by atoms with Gasteiger partial charge in [0.05, 0.1) is 22.9 Å². The first-order valence-corrected chi connectivity index (χ1v) is 6.52. The highest BCUT2D eigenvalue weighted by molar-refractivity contribution is 9.10. The number of nitrogens with zero attached hydrogens (tertiary/aromatic N) is 2. The van der Waals surface area contributed by atoms with Gasteiger partial charge in [0.2, 0.25) is 5.75 Å². The van der Waals surface area contributed by atoms with Crippen molar-refractivity contribution in [2.75, 3.05) is 0 Å². The zero-order chi connectivity index (χ0) is 14.7. The Morgan fingerprint density at radius 2 is 2.15 bits per heavy atom. The summed E-state index contributed by atoms with van der Waals surface area (Å²) in [7, 11) is 0. The molecular formula is C13H11BrN2O4. The summed E-state index contributed by atoms with van der Waals surface area (Å²) in [5.74, 6) is 0.490. The summed E-state index contributed by atoms with van der Waals surface area (Å²) < 4.78 is 6.05. The molecule has 20 heavy (non-hydrogen) atoms. The van der Waals surface area contributed by atoms with Crippen LogP contribution in [-0.4, -0.2) is 15.0 Å². The molecule has 0 saturated carbocycles. The van der Waals surface area contributed by atoms with E-state index in [0.29, 0.717) is 15.9 Å². The first-order valence-electron chi connectivity index (χ1n) is 5.73. The Bertz CT molecular complexity index is 629. The molecule has 0 amide bonds. The molecule has 1 aromatic heterocycles. The number of hydrogen-bond donors (Lipinski definition) is 1. The van der Waals surface area contributed by atoms with Gasteiger partial charge in [0, 0.05) is 10.5 Å². The predicted octanol–water partition coefficient (Wildman–Crippen LogP) is 3.60. The molecule has 0 fully saturated rings. The fraction of sp³-hybridized carbons (Fsp3) is 0.154. The minimum absolute atomic E-state index is 0.129. The van der Waals surface area contributed by atoms with E-state index in [-0.39, 0.29) is 11.4 Å². The van der Waals surface area contributed by atoms with Crippen molar-refractivity contribution in [2.24, 2.45) is 0 Å². The van der Waals surface area contributed by atoms with E-state index in [1.54, 1.807) is 25.1 Å². The number of nitro groups is 1. The van der Waals surface area contributed by atoms with Crippen molar-refractivity contribution in [1.29, 1.82) is 0 Å². The lowest BCUT2D eigenvalue weighted by Crippen LogP contribution is -1.96. The summed E-state index contributed by atoms with van der Waals surface area (Å²) in [5.41, 5.74) is 0.363. The number of aliphatic hydroxyl groups excluding tert-OH is 1. The van der Waals surface area contributed by atoms with Crippen molar-refractivity contribution in [2.45, 2.75) is 13.0 Å². The van der Waals surface area contributed by atoms with Gasteiger partial charge in [-0.2, -0.15) is 0 Å². The van der Waals surface area contributed by atoms with Crippen LogP contribution < -0.4 is 4.74 Å². The third-order valence-corrected chi connectivity index (χ3v) is 3.03. The van der Waals surface area contributed by atoms with Crippen LogP contribution in [0.15, 0.2) is 41.0 Å². The van der Waals surface area contributed by atoms with Crippen molar-refractivity contribution < 1.29 is 14.8 Å². The van der Waals surface area contributed by atoms with E-state index < -0.39 is 11.0 Å². The molecule has 0 spiro atoms. The molecule has 1 N–H and O–H groups in total. The number of halogens is 1. The lowest BCUT2D eigenvalue weighted by atomic mass is 10.2. The predicted molar refractivity (Wildman–Crippen MR) is 75.7 cm³/mol. The number of pyridine rings is 1. The van der Waals surface area contributed by atoms with Gasteiger partial charge >= 0.3 is 5.69 Å². The fourth-order valence-corrected chi connectivity index (χ4v) is 1.89. The van der Waals surface area contributed by atoms with E-state index in [0.717, 1.165) is 0 Å². The Morgan fingerprint density at radius 3 is 2.70 bits per heavy atom. The Morgan fingerprint density at radius 1 is 1.40 bits per heavy atom. The third kappa shape index (κ3) is 3.31. The molecule has 7 heteroatoms. The van der Waals surface area contributed by atoms with Crippen LogP contribution in [0.4, 0.5) is 5.69 Å². The molecule has 0 aliphatic heterocycles. The van der Waals surface area contributed by atoms with Crippen LogP contribution in [0.5, 0.6) is 11.5 Å². The maximum atomic E-state index is 11.0. The molecule has 0 aliphatic carbocycles. The zero-order valence-corrected chi connectivity index (χ0v) is 12.1. The van der Waals surface area contributed by atoms with E-state index in [1.807, 2.05) is 0 Å². The normalized spacial score (nSPS) is 11.9. The Labute approximate surface area is 123 Å². The first kappa shape index (κ1) is 14.4. The fourth-order valence-electron chi connectivity index (χ4n) is 1.55. The second-order valence-corrected chi connectivity index (χ2v) is 4.98. The highest BCUT2D eigenvalue weighted by Crippen LogP contribution is 2.33. The van der Waals surface area contributed by atoms with Crippen LogP contribution in [0, 0.1) is 10.1 Å². The Balaban J connectivity index is 2.28. The summed E-state index contributed by atoms with van der Waals surface area (Å²) in [6.45, 7) is 1.60. The van der Waals surface area contributed by atoms with Gasteiger partial charge in [-0.25, -0.2) is 0 Å². The van der Waals surface area contributed by atoms with Gasteiger partial charge in [0.15, 0.2) is 0 Å². The van der Waals surface area contributed by atoms with Gasteiger partial charge in [-0.15, -0.1) is 0 Å². The average molecular weight is 339 g/mol. The van der Waals surface area contributed by atoms with E-state index in [1.165, 1.54) is 18.3 Å². The molecule has 1 atom stereocenters. The second kappa shape index (κ2) is 5.98. The molecule has 1 unspecified atom stereocenters.